The third kappa shape index (κ3) is 3.51. The van der Waals surface area contributed by atoms with E-state index >= 15 is 0 Å². The Morgan fingerprint density at radius 1 is 1.46 bits per heavy atom. The number of para-hydroxylation sites is 1. The minimum Gasteiger partial charge on any atom is -0.496 e. The lowest BCUT2D eigenvalue weighted by Crippen LogP contribution is -2.59. The van der Waals surface area contributed by atoms with Gasteiger partial charge >= 0.3 is 0 Å². The molecular weight excluding hydrogens is 306 g/mol. The number of carbonyl (C=O) groups is 2. The fourth-order valence-corrected chi connectivity index (χ4v) is 2.70. The smallest absolute Gasteiger partial charge is 0.255 e. The highest BCUT2D eigenvalue weighted by molar-refractivity contribution is 5.99. The first-order valence-corrected chi connectivity index (χ1v) is 8.17. The summed E-state index contributed by atoms with van der Waals surface area (Å²) in [6.45, 7) is 4.46. The Balaban J connectivity index is 2.18. The van der Waals surface area contributed by atoms with E-state index in [0.717, 1.165) is 6.42 Å². The summed E-state index contributed by atoms with van der Waals surface area (Å²) >= 11 is 0. The van der Waals surface area contributed by atoms with Crippen molar-refractivity contribution in [2.24, 2.45) is 5.92 Å². The number of hydrogen-bond donors (Lipinski definition) is 1. The number of amides is 2. The van der Waals surface area contributed by atoms with Gasteiger partial charge in [0.05, 0.1) is 18.7 Å². The summed E-state index contributed by atoms with van der Waals surface area (Å²) in [5, 5.41) is 11.9. The van der Waals surface area contributed by atoms with Crippen LogP contribution in [0.4, 0.5) is 0 Å². The van der Waals surface area contributed by atoms with Crippen LogP contribution in [0.25, 0.3) is 0 Å². The number of nitriles is 1. The molecule has 2 rings (SSSR count). The molecule has 6 nitrogen and oxygen atoms in total. The number of rotatable bonds is 6. The highest BCUT2D eigenvalue weighted by Crippen LogP contribution is 2.22. The van der Waals surface area contributed by atoms with Gasteiger partial charge in [-0.1, -0.05) is 32.4 Å². The fourth-order valence-electron chi connectivity index (χ4n) is 2.70. The van der Waals surface area contributed by atoms with Gasteiger partial charge < -0.3 is 15.0 Å². The van der Waals surface area contributed by atoms with Gasteiger partial charge in [0.25, 0.3) is 5.91 Å². The van der Waals surface area contributed by atoms with E-state index in [-0.39, 0.29) is 23.8 Å². The van der Waals surface area contributed by atoms with E-state index in [4.69, 9.17) is 10.00 Å². The molecule has 1 saturated heterocycles. The molecular formula is C18H23N3O3. The van der Waals surface area contributed by atoms with E-state index in [1.54, 1.807) is 29.2 Å². The molecule has 128 valence electrons. The van der Waals surface area contributed by atoms with Crippen molar-refractivity contribution >= 4 is 11.8 Å². The first kappa shape index (κ1) is 17.8. The lowest BCUT2D eigenvalue weighted by Gasteiger charge is -2.40. The largest absolute Gasteiger partial charge is 0.496 e. The topological polar surface area (TPSA) is 82.4 Å². The van der Waals surface area contributed by atoms with Crippen LogP contribution in [0.3, 0.4) is 0 Å². The van der Waals surface area contributed by atoms with Crippen molar-refractivity contribution in [2.75, 3.05) is 13.7 Å². The van der Waals surface area contributed by atoms with Crippen molar-refractivity contribution in [3.63, 3.8) is 0 Å². The van der Waals surface area contributed by atoms with Crippen molar-refractivity contribution in [1.29, 1.82) is 5.26 Å². The Hall–Kier alpha value is -2.55. The maximum Gasteiger partial charge on any atom is 0.255 e. The van der Waals surface area contributed by atoms with E-state index < -0.39 is 6.04 Å². The number of ether oxygens (including phenoxy) is 1. The Bertz CT molecular complexity index is 653. The zero-order valence-corrected chi connectivity index (χ0v) is 14.3. The Morgan fingerprint density at radius 3 is 2.71 bits per heavy atom. The van der Waals surface area contributed by atoms with Gasteiger partial charge in [-0.25, -0.2) is 0 Å². The van der Waals surface area contributed by atoms with Crippen LogP contribution in [0, 0.1) is 17.2 Å². The number of nitrogens with one attached hydrogen (secondary N) is 1. The molecule has 24 heavy (non-hydrogen) atoms. The van der Waals surface area contributed by atoms with Crippen LogP contribution in [-0.4, -0.2) is 42.5 Å². The van der Waals surface area contributed by atoms with Crippen LogP contribution in [0.2, 0.25) is 0 Å². The minimum atomic E-state index is -0.649. The van der Waals surface area contributed by atoms with Gasteiger partial charge in [0.1, 0.15) is 17.8 Å². The number of methoxy groups -OCH3 is 1. The number of hydrogen-bond acceptors (Lipinski definition) is 4. The van der Waals surface area contributed by atoms with Gasteiger partial charge in [0, 0.05) is 6.54 Å². The summed E-state index contributed by atoms with van der Waals surface area (Å²) in [5.74, 6) is -0.106. The van der Waals surface area contributed by atoms with E-state index in [0.29, 0.717) is 24.3 Å². The molecule has 1 heterocycles. The summed E-state index contributed by atoms with van der Waals surface area (Å²) in [4.78, 5) is 26.9. The Kier molecular flexibility index (Phi) is 5.80. The molecule has 3 atom stereocenters. The molecule has 0 aliphatic carbocycles. The van der Waals surface area contributed by atoms with E-state index in [1.807, 2.05) is 13.8 Å². The summed E-state index contributed by atoms with van der Waals surface area (Å²) in [7, 11) is 1.50. The molecule has 1 aromatic carbocycles. The van der Waals surface area contributed by atoms with Gasteiger partial charge in [0.15, 0.2) is 0 Å². The van der Waals surface area contributed by atoms with E-state index in [2.05, 4.69) is 11.4 Å². The normalized spacial score (nSPS) is 18.8. The van der Waals surface area contributed by atoms with Gasteiger partial charge in [-0.05, 0) is 24.5 Å². The zero-order chi connectivity index (χ0) is 17.7. The van der Waals surface area contributed by atoms with Crippen molar-refractivity contribution in [3.05, 3.63) is 29.8 Å². The van der Waals surface area contributed by atoms with E-state index in [9.17, 15) is 9.59 Å². The number of nitrogens with zero attached hydrogens (tertiary/aromatic N) is 2. The van der Waals surface area contributed by atoms with Crippen LogP contribution in [0.15, 0.2) is 24.3 Å². The van der Waals surface area contributed by atoms with Crippen molar-refractivity contribution in [1.82, 2.24) is 10.2 Å². The van der Waals surface area contributed by atoms with Gasteiger partial charge in [-0.15, -0.1) is 0 Å². The molecule has 1 aliphatic heterocycles. The summed E-state index contributed by atoms with van der Waals surface area (Å²) in [6.07, 6.45) is 1.43. The lowest BCUT2D eigenvalue weighted by molar-refractivity contribution is -0.140. The second-order valence-corrected chi connectivity index (χ2v) is 6.00. The van der Waals surface area contributed by atoms with Crippen molar-refractivity contribution < 1.29 is 14.3 Å². The number of carbonyl (C=O) groups excluding carboxylic acids is 2. The quantitative estimate of drug-likeness (QED) is 0.865. The first-order valence-electron chi connectivity index (χ1n) is 8.17. The average molecular weight is 329 g/mol. The first-order chi connectivity index (χ1) is 11.5. The van der Waals surface area contributed by atoms with Crippen molar-refractivity contribution in [2.45, 2.75) is 38.8 Å². The Morgan fingerprint density at radius 2 is 2.17 bits per heavy atom. The molecule has 1 fully saturated rings. The third-order valence-electron chi connectivity index (χ3n) is 4.57. The molecule has 0 bridgehead atoms. The van der Waals surface area contributed by atoms with Crippen LogP contribution < -0.4 is 10.1 Å². The average Bonchev–Trinajstić information content (AvgIpc) is 2.58. The summed E-state index contributed by atoms with van der Waals surface area (Å²) in [6, 6.07) is 7.98. The van der Waals surface area contributed by atoms with Crippen LogP contribution in [-0.2, 0) is 4.79 Å². The monoisotopic (exact) mass is 329 g/mol. The van der Waals surface area contributed by atoms with Crippen molar-refractivity contribution in [3.8, 4) is 11.8 Å². The van der Waals surface area contributed by atoms with Gasteiger partial charge in [-0.3, -0.25) is 9.59 Å². The Labute approximate surface area is 142 Å². The lowest BCUT2D eigenvalue weighted by atomic mass is 9.94. The molecule has 0 spiro atoms. The van der Waals surface area contributed by atoms with E-state index in [1.165, 1.54) is 7.11 Å². The standard InChI is InChI=1S/C18H23N3O3/c1-4-12(2)16(18(23)21-10-9-13(21)11-19)20-17(22)14-7-5-6-8-15(14)24-3/h5-8,12-13,16H,4,9-10H2,1-3H3,(H,20,22)/t12?,13-,16-/m0/s1. The maximum atomic E-state index is 12.7. The predicted molar refractivity (Wildman–Crippen MR) is 89.4 cm³/mol. The maximum absolute atomic E-state index is 12.7. The minimum absolute atomic E-state index is 0.0314. The summed E-state index contributed by atoms with van der Waals surface area (Å²) in [5.41, 5.74) is 0.390. The summed E-state index contributed by atoms with van der Waals surface area (Å²) < 4.78 is 5.21. The second-order valence-electron chi connectivity index (χ2n) is 6.00. The molecule has 6 heteroatoms. The third-order valence-corrected chi connectivity index (χ3v) is 4.57. The van der Waals surface area contributed by atoms with Crippen LogP contribution >= 0.6 is 0 Å². The molecule has 1 aromatic rings. The predicted octanol–water partition coefficient (Wildman–Crippen LogP) is 1.96. The van der Waals surface area contributed by atoms with Crippen LogP contribution in [0.5, 0.6) is 5.75 Å². The zero-order valence-electron chi connectivity index (χ0n) is 14.3. The SMILES string of the molecule is CCC(C)[C@H](NC(=O)c1ccccc1OC)C(=O)N1CC[C@H]1C#N. The highest BCUT2D eigenvalue weighted by Gasteiger charge is 2.38. The molecule has 1 N–H and O–H groups in total. The van der Waals surface area contributed by atoms with Gasteiger partial charge in [0.2, 0.25) is 5.91 Å². The van der Waals surface area contributed by atoms with Gasteiger partial charge in [-0.2, -0.15) is 5.26 Å². The fraction of sp³-hybridized carbons (Fsp3) is 0.500. The molecule has 1 unspecified atom stereocenters. The molecule has 2 amide bonds. The second kappa shape index (κ2) is 7.82. The molecule has 0 radical (unpaired) electrons. The number of benzene rings is 1. The number of likely N-dealkylation sites (tertiary alicyclic amines) is 1. The molecule has 0 aromatic heterocycles. The van der Waals surface area contributed by atoms with Crippen LogP contribution in [0.1, 0.15) is 37.0 Å². The highest BCUT2D eigenvalue weighted by atomic mass is 16.5. The molecule has 1 aliphatic rings. The molecule has 0 saturated carbocycles.